The molecule has 28 heavy (non-hydrogen) atoms. The summed E-state index contributed by atoms with van der Waals surface area (Å²) in [5.74, 6) is 1.41. The molecule has 0 spiro atoms. The summed E-state index contributed by atoms with van der Waals surface area (Å²) in [5, 5.41) is 6.06. The molecule has 0 N–H and O–H groups in total. The topological polar surface area (TPSA) is 49.2 Å². The summed E-state index contributed by atoms with van der Waals surface area (Å²) in [5.41, 5.74) is 6.33. The number of rotatable bonds is 5. The van der Waals surface area contributed by atoms with Crippen LogP contribution in [0.25, 0.3) is 27.0 Å². The van der Waals surface area contributed by atoms with Crippen LogP contribution in [0.4, 0.5) is 0 Å². The molecular weight excluding hydrogens is 390 g/mol. The standard InChI is InChI=1S/C21H21N3O2S2/c1-12-10-28-21(22-12)24-13(2)9-16(14(24)3)17-11-27-20(23-17)15-7-6-8-18(25-4)19(15)26-5/h6-11H,1-5H3. The zero-order chi connectivity index (χ0) is 19.8. The van der Waals surface area contributed by atoms with Crippen molar-refractivity contribution in [3.8, 4) is 38.5 Å². The molecule has 0 fully saturated rings. The smallest absolute Gasteiger partial charge is 0.194 e. The lowest BCUT2D eigenvalue weighted by atomic mass is 10.1. The Hall–Kier alpha value is -2.64. The molecule has 0 aliphatic heterocycles. The van der Waals surface area contributed by atoms with E-state index in [1.54, 1.807) is 36.9 Å². The van der Waals surface area contributed by atoms with Gasteiger partial charge in [-0.2, -0.15) is 0 Å². The van der Waals surface area contributed by atoms with Gasteiger partial charge in [0.05, 0.1) is 31.2 Å². The molecule has 0 aliphatic rings. The molecule has 5 nitrogen and oxygen atoms in total. The average Bonchev–Trinajstić information content (AvgIpc) is 3.40. The van der Waals surface area contributed by atoms with Gasteiger partial charge in [0.15, 0.2) is 16.6 Å². The van der Waals surface area contributed by atoms with E-state index in [2.05, 4.69) is 40.2 Å². The van der Waals surface area contributed by atoms with Crippen molar-refractivity contribution < 1.29 is 9.47 Å². The number of hydrogen-bond acceptors (Lipinski definition) is 6. The van der Waals surface area contributed by atoms with Gasteiger partial charge in [-0.3, -0.25) is 4.57 Å². The van der Waals surface area contributed by atoms with Crippen molar-refractivity contribution in [1.29, 1.82) is 0 Å². The van der Waals surface area contributed by atoms with Crippen molar-refractivity contribution in [2.24, 2.45) is 0 Å². The Morgan fingerprint density at radius 3 is 2.43 bits per heavy atom. The molecule has 7 heteroatoms. The van der Waals surface area contributed by atoms with Gasteiger partial charge in [0.2, 0.25) is 0 Å². The minimum atomic E-state index is 0.703. The molecule has 1 aromatic carbocycles. The maximum absolute atomic E-state index is 5.57. The number of ether oxygens (including phenoxy) is 2. The van der Waals surface area contributed by atoms with Crippen LogP contribution in [0.1, 0.15) is 17.1 Å². The molecule has 0 aliphatic carbocycles. The Bertz CT molecular complexity index is 1140. The lowest BCUT2D eigenvalue weighted by Crippen LogP contribution is -1.98. The van der Waals surface area contributed by atoms with E-state index in [0.29, 0.717) is 11.5 Å². The van der Waals surface area contributed by atoms with Crippen molar-refractivity contribution >= 4 is 22.7 Å². The lowest BCUT2D eigenvalue weighted by Gasteiger charge is -2.10. The number of aryl methyl sites for hydroxylation is 2. The second-order valence-corrected chi connectivity index (χ2v) is 8.17. The highest BCUT2D eigenvalue weighted by molar-refractivity contribution is 7.13. The Labute approximate surface area is 172 Å². The Morgan fingerprint density at radius 1 is 0.929 bits per heavy atom. The Morgan fingerprint density at radius 2 is 1.75 bits per heavy atom. The third-order valence-corrected chi connectivity index (χ3v) is 6.46. The number of benzene rings is 1. The molecule has 0 amide bonds. The summed E-state index contributed by atoms with van der Waals surface area (Å²) in [6.45, 7) is 6.24. The number of thiazole rings is 2. The zero-order valence-corrected chi connectivity index (χ0v) is 18.1. The molecule has 0 radical (unpaired) electrons. The second-order valence-electron chi connectivity index (χ2n) is 6.47. The Kier molecular flexibility index (Phi) is 4.95. The largest absolute Gasteiger partial charge is 0.493 e. The molecule has 0 bridgehead atoms. The maximum Gasteiger partial charge on any atom is 0.194 e. The van der Waals surface area contributed by atoms with Gasteiger partial charge < -0.3 is 9.47 Å². The average molecular weight is 412 g/mol. The summed E-state index contributed by atoms with van der Waals surface area (Å²) in [6.07, 6.45) is 0. The zero-order valence-electron chi connectivity index (χ0n) is 16.4. The van der Waals surface area contributed by atoms with Gasteiger partial charge in [0, 0.05) is 27.7 Å². The number of para-hydroxylation sites is 1. The molecule has 0 saturated carbocycles. The first-order valence-electron chi connectivity index (χ1n) is 8.82. The van der Waals surface area contributed by atoms with Crippen LogP contribution in [-0.2, 0) is 0 Å². The maximum atomic E-state index is 5.57. The molecule has 0 atom stereocenters. The van der Waals surface area contributed by atoms with Crippen LogP contribution in [0.2, 0.25) is 0 Å². The third-order valence-electron chi connectivity index (χ3n) is 4.64. The fourth-order valence-corrected chi connectivity index (χ4v) is 5.09. The summed E-state index contributed by atoms with van der Waals surface area (Å²) >= 11 is 3.26. The summed E-state index contributed by atoms with van der Waals surface area (Å²) < 4.78 is 13.2. The van der Waals surface area contributed by atoms with Gasteiger partial charge in [-0.25, -0.2) is 9.97 Å². The first-order valence-corrected chi connectivity index (χ1v) is 10.6. The predicted molar refractivity (Wildman–Crippen MR) is 115 cm³/mol. The van der Waals surface area contributed by atoms with Crippen LogP contribution < -0.4 is 9.47 Å². The van der Waals surface area contributed by atoms with E-state index in [0.717, 1.165) is 44.0 Å². The van der Waals surface area contributed by atoms with Crippen LogP contribution in [0.3, 0.4) is 0 Å². The molecule has 4 rings (SSSR count). The highest BCUT2D eigenvalue weighted by Crippen LogP contribution is 2.41. The van der Waals surface area contributed by atoms with Crippen molar-refractivity contribution in [3.63, 3.8) is 0 Å². The highest BCUT2D eigenvalue weighted by Gasteiger charge is 2.19. The number of methoxy groups -OCH3 is 2. The summed E-state index contributed by atoms with van der Waals surface area (Å²) in [4.78, 5) is 9.54. The Balaban J connectivity index is 1.77. The molecule has 4 aromatic rings. The molecular formula is C21H21N3O2S2. The first-order chi connectivity index (χ1) is 13.5. The van der Waals surface area contributed by atoms with Crippen molar-refractivity contribution in [2.75, 3.05) is 14.2 Å². The number of aromatic nitrogens is 3. The van der Waals surface area contributed by atoms with Crippen LogP contribution in [-0.4, -0.2) is 28.8 Å². The number of hydrogen-bond donors (Lipinski definition) is 0. The number of nitrogens with zero attached hydrogens (tertiary/aromatic N) is 3. The fraction of sp³-hybridized carbons (Fsp3) is 0.238. The van der Waals surface area contributed by atoms with E-state index in [1.807, 2.05) is 25.1 Å². The van der Waals surface area contributed by atoms with Crippen molar-refractivity contribution in [1.82, 2.24) is 14.5 Å². The van der Waals surface area contributed by atoms with Gasteiger partial charge >= 0.3 is 0 Å². The first kappa shape index (κ1) is 18.7. The lowest BCUT2D eigenvalue weighted by molar-refractivity contribution is 0.356. The van der Waals surface area contributed by atoms with Crippen LogP contribution >= 0.6 is 22.7 Å². The van der Waals surface area contributed by atoms with E-state index < -0.39 is 0 Å². The van der Waals surface area contributed by atoms with Crippen molar-refractivity contribution in [3.05, 3.63) is 52.1 Å². The molecule has 144 valence electrons. The fourth-order valence-electron chi connectivity index (χ4n) is 3.34. The van der Waals surface area contributed by atoms with Crippen LogP contribution in [0, 0.1) is 20.8 Å². The summed E-state index contributed by atoms with van der Waals surface area (Å²) in [6, 6.07) is 8.02. The summed E-state index contributed by atoms with van der Waals surface area (Å²) in [7, 11) is 3.30. The minimum absolute atomic E-state index is 0.703. The molecule has 3 aromatic heterocycles. The van der Waals surface area contributed by atoms with E-state index in [1.165, 1.54) is 0 Å². The molecule has 0 unspecified atom stereocenters. The highest BCUT2D eigenvalue weighted by atomic mass is 32.1. The minimum Gasteiger partial charge on any atom is -0.493 e. The van der Waals surface area contributed by atoms with Crippen LogP contribution in [0.5, 0.6) is 11.5 Å². The third kappa shape index (κ3) is 3.10. The van der Waals surface area contributed by atoms with Crippen molar-refractivity contribution in [2.45, 2.75) is 20.8 Å². The van der Waals surface area contributed by atoms with E-state index in [-0.39, 0.29) is 0 Å². The quantitative estimate of drug-likeness (QED) is 0.425. The molecule has 3 heterocycles. The monoisotopic (exact) mass is 411 g/mol. The normalized spacial score (nSPS) is 11.0. The van der Waals surface area contributed by atoms with E-state index in [9.17, 15) is 0 Å². The van der Waals surface area contributed by atoms with Crippen LogP contribution in [0.15, 0.2) is 35.0 Å². The van der Waals surface area contributed by atoms with E-state index >= 15 is 0 Å². The van der Waals surface area contributed by atoms with E-state index in [4.69, 9.17) is 14.5 Å². The predicted octanol–water partition coefficient (Wildman–Crippen LogP) is 5.67. The SMILES string of the molecule is COc1cccc(-c2nc(-c3cc(C)n(-c4nc(C)cs4)c3C)cs2)c1OC. The molecule has 0 saturated heterocycles. The second kappa shape index (κ2) is 7.41. The van der Waals surface area contributed by atoms with Gasteiger partial charge in [0.1, 0.15) is 5.01 Å². The van der Waals surface area contributed by atoms with Gasteiger partial charge in [-0.05, 0) is 39.0 Å². The van der Waals surface area contributed by atoms with Gasteiger partial charge in [-0.15, -0.1) is 22.7 Å². The van der Waals surface area contributed by atoms with Gasteiger partial charge in [0.25, 0.3) is 0 Å². The van der Waals surface area contributed by atoms with Gasteiger partial charge in [-0.1, -0.05) is 6.07 Å².